The van der Waals surface area contributed by atoms with Crippen LogP contribution in [0, 0.1) is 0 Å². The second-order valence-electron chi connectivity index (χ2n) is 3.02. The molecule has 18 heavy (non-hydrogen) atoms. The summed E-state index contributed by atoms with van der Waals surface area (Å²) >= 11 is 5.71. The summed E-state index contributed by atoms with van der Waals surface area (Å²) in [6.45, 7) is 1.89. The lowest BCUT2D eigenvalue weighted by molar-refractivity contribution is -0.264. The van der Waals surface area contributed by atoms with Gasteiger partial charge in [0.15, 0.2) is 0 Å². The Balaban J connectivity index is 2.46. The molecule has 0 amide bonds. The molecule has 0 aliphatic heterocycles. The van der Waals surface area contributed by atoms with E-state index < -0.39 is 11.9 Å². The van der Waals surface area contributed by atoms with E-state index in [2.05, 4.69) is 9.78 Å². The first kappa shape index (κ1) is 14.2. The Labute approximate surface area is 109 Å². The molecule has 0 unspecified atom stereocenters. The highest BCUT2D eigenvalue weighted by atomic mass is 35.5. The van der Waals surface area contributed by atoms with Crippen molar-refractivity contribution in [1.29, 1.82) is 0 Å². The molecule has 1 aromatic carbocycles. The van der Waals surface area contributed by atoms with Crippen LogP contribution in [0.1, 0.15) is 6.92 Å². The number of carbonyl (C=O) groups is 2. The smallest absolute Gasteiger partial charge is 0.366 e. The molecule has 0 saturated heterocycles. The standard InChI is InChI=1S/C12H11ClO5/c1-2-16-18-12(15)7-6-11(14)17-10-5-3-4-9(13)8-10/h3-8H,2H2,1H3/b7-6-. The lowest BCUT2D eigenvalue weighted by Gasteiger charge is -2.00. The summed E-state index contributed by atoms with van der Waals surface area (Å²) in [6.07, 6.45) is 1.84. The Morgan fingerprint density at radius 2 is 2.00 bits per heavy atom. The molecule has 0 spiro atoms. The third-order valence-corrected chi connectivity index (χ3v) is 1.86. The molecule has 96 valence electrons. The molecule has 0 N–H and O–H groups in total. The first-order chi connectivity index (χ1) is 8.61. The molecule has 0 aliphatic rings. The highest BCUT2D eigenvalue weighted by Crippen LogP contribution is 2.17. The van der Waals surface area contributed by atoms with Crippen molar-refractivity contribution < 1.29 is 24.1 Å². The van der Waals surface area contributed by atoms with E-state index in [1.165, 1.54) is 6.07 Å². The number of hydrogen-bond donors (Lipinski definition) is 0. The molecular formula is C12H11ClO5. The molecule has 0 saturated carbocycles. The van der Waals surface area contributed by atoms with Gasteiger partial charge in [-0.25, -0.2) is 9.59 Å². The third-order valence-electron chi connectivity index (χ3n) is 1.63. The first-order valence-corrected chi connectivity index (χ1v) is 5.48. The predicted octanol–water partition coefficient (Wildman–Crippen LogP) is 2.30. The molecule has 0 aromatic heterocycles. The molecule has 0 fully saturated rings. The Morgan fingerprint density at radius 1 is 1.28 bits per heavy atom. The van der Waals surface area contributed by atoms with Crippen molar-refractivity contribution in [2.45, 2.75) is 6.92 Å². The van der Waals surface area contributed by atoms with Crippen molar-refractivity contribution in [3.8, 4) is 5.75 Å². The van der Waals surface area contributed by atoms with E-state index in [1.54, 1.807) is 25.1 Å². The van der Waals surface area contributed by atoms with E-state index in [0.29, 0.717) is 5.02 Å². The van der Waals surface area contributed by atoms with E-state index in [0.717, 1.165) is 12.2 Å². The average Bonchev–Trinajstić information content (AvgIpc) is 2.34. The Morgan fingerprint density at radius 3 is 2.67 bits per heavy atom. The van der Waals surface area contributed by atoms with Crippen LogP contribution in [0.5, 0.6) is 5.75 Å². The summed E-state index contributed by atoms with van der Waals surface area (Å²) in [5.74, 6) is -1.22. The lowest BCUT2D eigenvalue weighted by Crippen LogP contribution is -2.06. The molecule has 1 aromatic rings. The number of carbonyl (C=O) groups excluding carboxylic acids is 2. The van der Waals surface area contributed by atoms with Gasteiger partial charge in [0.1, 0.15) is 5.75 Å². The highest BCUT2D eigenvalue weighted by Gasteiger charge is 2.03. The maximum atomic E-state index is 11.3. The van der Waals surface area contributed by atoms with Crippen LogP contribution in [0.3, 0.4) is 0 Å². The molecule has 1 rings (SSSR count). The predicted molar refractivity (Wildman–Crippen MR) is 63.9 cm³/mol. The van der Waals surface area contributed by atoms with E-state index >= 15 is 0 Å². The lowest BCUT2D eigenvalue weighted by atomic mass is 10.3. The molecule has 0 radical (unpaired) electrons. The van der Waals surface area contributed by atoms with Gasteiger partial charge in [-0.05, 0) is 25.1 Å². The molecule has 5 nitrogen and oxygen atoms in total. The SMILES string of the molecule is CCOOC(=O)/C=C\C(=O)Oc1cccc(Cl)c1. The maximum absolute atomic E-state index is 11.3. The van der Waals surface area contributed by atoms with Gasteiger partial charge in [-0.1, -0.05) is 17.7 Å². The molecule has 0 bridgehead atoms. The summed E-state index contributed by atoms with van der Waals surface area (Å²) in [5.41, 5.74) is 0. The number of esters is 1. The van der Waals surface area contributed by atoms with Gasteiger partial charge in [0.2, 0.25) is 0 Å². The second-order valence-corrected chi connectivity index (χ2v) is 3.46. The normalized spacial score (nSPS) is 10.3. The summed E-state index contributed by atoms with van der Waals surface area (Å²) in [7, 11) is 0. The fraction of sp³-hybridized carbons (Fsp3) is 0.167. The highest BCUT2D eigenvalue weighted by molar-refractivity contribution is 6.30. The van der Waals surface area contributed by atoms with Crippen LogP contribution in [0.25, 0.3) is 0 Å². The van der Waals surface area contributed by atoms with Crippen LogP contribution in [0.2, 0.25) is 5.02 Å². The zero-order valence-corrected chi connectivity index (χ0v) is 10.3. The average molecular weight is 271 g/mol. The van der Waals surface area contributed by atoms with Gasteiger partial charge >= 0.3 is 11.9 Å². The van der Waals surface area contributed by atoms with Gasteiger partial charge < -0.3 is 4.74 Å². The fourth-order valence-electron chi connectivity index (χ4n) is 0.962. The van der Waals surface area contributed by atoms with Gasteiger partial charge in [0, 0.05) is 17.2 Å². The quantitative estimate of drug-likeness (QED) is 0.270. The van der Waals surface area contributed by atoms with Crippen LogP contribution in [0.15, 0.2) is 36.4 Å². The van der Waals surface area contributed by atoms with E-state index in [9.17, 15) is 9.59 Å². The Hall–Kier alpha value is -1.85. The number of halogens is 1. The van der Waals surface area contributed by atoms with Crippen molar-refractivity contribution in [1.82, 2.24) is 0 Å². The summed E-state index contributed by atoms with van der Waals surface area (Å²) in [4.78, 5) is 30.9. The van der Waals surface area contributed by atoms with Crippen molar-refractivity contribution in [2.75, 3.05) is 6.61 Å². The number of hydrogen-bond acceptors (Lipinski definition) is 5. The number of ether oxygens (including phenoxy) is 1. The van der Waals surface area contributed by atoms with Gasteiger partial charge in [-0.3, -0.25) is 4.89 Å². The minimum absolute atomic E-state index is 0.229. The number of rotatable bonds is 5. The van der Waals surface area contributed by atoms with Gasteiger partial charge in [-0.15, -0.1) is 0 Å². The van der Waals surface area contributed by atoms with Crippen LogP contribution in [0.4, 0.5) is 0 Å². The van der Waals surface area contributed by atoms with E-state index in [1.807, 2.05) is 0 Å². The molecular weight excluding hydrogens is 260 g/mol. The Kier molecular flexibility index (Phi) is 5.90. The molecule has 0 aliphatic carbocycles. The molecule has 0 atom stereocenters. The monoisotopic (exact) mass is 270 g/mol. The number of benzene rings is 1. The van der Waals surface area contributed by atoms with Crippen LogP contribution < -0.4 is 4.74 Å². The topological polar surface area (TPSA) is 61.8 Å². The first-order valence-electron chi connectivity index (χ1n) is 5.10. The minimum atomic E-state index is -0.792. The third kappa shape index (κ3) is 5.47. The largest absolute Gasteiger partial charge is 0.423 e. The van der Waals surface area contributed by atoms with E-state index in [-0.39, 0.29) is 12.4 Å². The van der Waals surface area contributed by atoms with Crippen molar-refractivity contribution in [3.05, 3.63) is 41.4 Å². The van der Waals surface area contributed by atoms with Crippen LogP contribution >= 0.6 is 11.6 Å². The summed E-state index contributed by atoms with van der Waals surface area (Å²) < 4.78 is 4.89. The summed E-state index contributed by atoms with van der Waals surface area (Å²) in [6, 6.07) is 6.33. The van der Waals surface area contributed by atoms with Gasteiger partial charge in [0.05, 0.1) is 6.61 Å². The Bertz CT molecular complexity index is 456. The maximum Gasteiger partial charge on any atom is 0.366 e. The zero-order chi connectivity index (χ0) is 13.4. The van der Waals surface area contributed by atoms with Gasteiger partial charge in [-0.2, -0.15) is 4.89 Å². The van der Waals surface area contributed by atoms with Gasteiger partial charge in [0.25, 0.3) is 0 Å². The van der Waals surface area contributed by atoms with Crippen molar-refractivity contribution in [3.63, 3.8) is 0 Å². The fourth-order valence-corrected chi connectivity index (χ4v) is 1.14. The van der Waals surface area contributed by atoms with Crippen LogP contribution in [-0.4, -0.2) is 18.5 Å². The van der Waals surface area contributed by atoms with Crippen molar-refractivity contribution in [2.24, 2.45) is 0 Å². The van der Waals surface area contributed by atoms with Crippen molar-refractivity contribution >= 4 is 23.5 Å². The van der Waals surface area contributed by atoms with E-state index in [4.69, 9.17) is 16.3 Å². The summed E-state index contributed by atoms with van der Waals surface area (Å²) in [5, 5.41) is 0.444. The molecule has 6 heteroatoms. The second kappa shape index (κ2) is 7.47. The minimum Gasteiger partial charge on any atom is -0.423 e. The van der Waals surface area contributed by atoms with Crippen LogP contribution in [-0.2, 0) is 19.4 Å². The zero-order valence-electron chi connectivity index (χ0n) is 9.59. The molecule has 0 heterocycles.